The summed E-state index contributed by atoms with van der Waals surface area (Å²) in [5.74, 6) is 1.98. The highest BCUT2D eigenvalue weighted by atomic mass is 15.2. The molecular formula is C24H36N6. The molecule has 162 valence electrons. The molecule has 0 amide bonds. The van der Waals surface area contributed by atoms with Crippen LogP contribution in [0, 0.1) is 13.8 Å². The van der Waals surface area contributed by atoms with Gasteiger partial charge in [0.05, 0.1) is 6.54 Å². The fraction of sp³-hybridized carbons (Fsp3) is 0.500. The van der Waals surface area contributed by atoms with Crippen LogP contribution in [-0.2, 0) is 6.54 Å². The Bertz CT molecular complexity index is 835. The molecule has 1 saturated heterocycles. The SMILES string of the molecule is CCNC(=NCc1ccc(N(C)C)cc1C)NC1CCN(c2ccc(C)cn2)CC1. The second-order valence-electron chi connectivity index (χ2n) is 8.30. The van der Waals surface area contributed by atoms with Crippen LogP contribution in [0.4, 0.5) is 11.5 Å². The van der Waals surface area contributed by atoms with Crippen molar-refractivity contribution in [1.82, 2.24) is 15.6 Å². The van der Waals surface area contributed by atoms with Gasteiger partial charge in [-0.05, 0) is 68.5 Å². The number of guanidine groups is 1. The minimum Gasteiger partial charge on any atom is -0.378 e. The Morgan fingerprint density at radius 2 is 1.93 bits per heavy atom. The number of hydrogen-bond donors (Lipinski definition) is 2. The fourth-order valence-electron chi connectivity index (χ4n) is 3.71. The van der Waals surface area contributed by atoms with E-state index >= 15 is 0 Å². The zero-order chi connectivity index (χ0) is 21.5. The predicted octanol–water partition coefficient (Wildman–Crippen LogP) is 3.49. The first-order chi connectivity index (χ1) is 14.5. The minimum atomic E-state index is 0.432. The molecule has 1 aromatic carbocycles. The molecule has 0 unspecified atom stereocenters. The highest BCUT2D eigenvalue weighted by Gasteiger charge is 2.20. The molecular weight excluding hydrogens is 372 g/mol. The van der Waals surface area contributed by atoms with E-state index in [1.165, 1.54) is 22.4 Å². The maximum atomic E-state index is 4.85. The Morgan fingerprint density at radius 1 is 1.17 bits per heavy atom. The predicted molar refractivity (Wildman–Crippen MR) is 128 cm³/mol. The quantitative estimate of drug-likeness (QED) is 0.566. The highest BCUT2D eigenvalue weighted by molar-refractivity contribution is 5.80. The summed E-state index contributed by atoms with van der Waals surface area (Å²) >= 11 is 0. The van der Waals surface area contributed by atoms with Crippen molar-refractivity contribution in [3.05, 3.63) is 53.2 Å². The van der Waals surface area contributed by atoms with E-state index in [4.69, 9.17) is 4.99 Å². The smallest absolute Gasteiger partial charge is 0.191 e. The first-order valence-electron chi connectivity index (χ1n) is 11.0. The summed E-state index contributed by atoms with van der Waals surface area (Å²) < 4.78 is 0. The van der Waals surface area contributed by atoms with Gasteiger partial charge in [0.2, 0.25) is 0 Å². The van der Waals surface area contributed by atoms with Crippen LogP contribution in [0.5, 0.6) is 0 Å². The zero-order valence-corrected chi connectivity index (χ0v) is 19.1. The van der Waals surface area contributed by atoms with Crippen LogP contribution in [0.3, 0.4) is 0 Å². The monoisotopic (exact) mass is 408 g/mol. The van der Waals surface area contributed by atoms with Crippen molar-refractivity contribution < 1.29 is 0 Å². The van der Waals surface area contributed by atoms with Crippen molar-refractivity contribution in [3.63, 3.8) is 0 Å². The molecule has 6 nitrogen and oxygen atoms in total. The normalized spacial score (nSPS) is 15.2. The first-order valence-corrected chi connectivity index (χ1v) is 11.0. The van der Waals surface area contributed by atoms with Gasteiger partial charge in [0.1, 0.15) is 5.82 Å². The molecule has 2 N–H and O–H groups in total. The summed E-state index contributed by atoms with van der Waals surface area (Å²) in [6.07, 6.45) is 4.11. The lowest BCUT2D eigenvalue weighted by Gasteiger charge is -2.33. The van der Waals surface area contributed by atoms with Crippen LogP contribution in [-0.4, -0.2) is 50.7 Å². The van der Waals surface area contributed by atoms with Gasteiger partial charge in [-0.3, -0.25) is 0 Å². The van der Waals surface area contributed by atoms with Crippen molar-refractivity contribution in [2.24, 2.45) is 4.99 Å². The number of anilines is 2. The largest absolute Gasteiger partial charge is 0.378 e. The van der Waals surface area contributed by atoms with E-state index in [1.54, 1.807) is 0 Å². The van der Waals surface area contributed by atoms with Crippen molar-refractivity contribution in [2.45, 2.75) is 46.2 Å². The average Bonchev–Trinajstić information content (AvgIpc) is 2.74. The highest BCUT2D eigenvalue weighted by Crippen LogP contribution is 2.19. The van der Waals surface area contributed by atoms with Gasteiger partial charge in [0, 0.05) is 51.7 Å². The number of nitrogens with zero attached hydrogens (tertiary/aromatic N) is 4. The molecule has 30 heavy (non-hydrogen) atoms. The summed E-state index contributed by atoms with van der Waals surface area (Å²) in [6, 6.07) is 11.3. The third-order valence-electron chi connectivity index (χ3n) is 5.65. The van der Waals surface area contributed by atoms with E-state index in [-0.39, 0.29) is 0 Å². The van der Waals surface area contributed by atoms with Crippen molar-refractivity contribution in [3.8, 4) is 0 Å². The number of benzene rings is 1. The van der Waals surface area contributed by atoms with Gasteiger partial charge in [-0.2, -0.15) is 0 Å². The molecule has 0 aliphatic carbocycles. The zero-order valence-electron chi connectivity index (χ0n) is 19.1. The van der Waals surface area contributed by atoms with Gasteiger partial charge in [-0.1, -0.05) is 12.1 Å². The molecule has 2 aromatic rings. The van der Waals surface area contributed by atoms with Crippen LogP contribution in [0.2, 0.25) is 0 Å². The molecule has 1 aliphatic rings. The first kappa shape index (κ1) is 21.9. The number of aliphatic imine (C=N–C) groups is 1. The summed E-state index contributed by atoms with van der Waals surface area (Å²) in [6.45, 7) is 9.91. The average molecular weight is 409 g/mol. The number of hydrogen-bond acceptors (Lipinski definition) is 4. The number of aromatic nitrogens is 1. The molecule has 1 fully saturated rings. The Morgan fingerprint density at radius 3 is 2.53 bits per heavy atom. The molecule has 0 bridgehead atoms. The van der Waals surface area contributed by atoms with E-state index < -0.39 is 0 Å². The molecule has 1 aromatic heterocycles. The molecule has 0 saturated carbocycles. The molecule has 2 heterocycles. The summed E-state index contributed by atoms with van der Waals surface area (Å²) in [7, 11) is 4.14. The maximum absolute atomic E-state index is 4.85. The third-order valence-corrected chi connectivity index (χ3v) is 5.65. The van der Waals surface area contributed by atoms with E-state index in [0.717, 1.165) is 44.3 Å². The lowest BCUT2D eigenvalue weighted by atomic mass is 10.1. The Kier molecular flexibility index (Phi) is 7.55. The molecule has 0 radical (unpaired) electrons. The second kappa shape index (κ2) is 10.3. The Balaban J connectivity index is 1.57. The van der Waals surface area contributed by atoms with Gasteiger partial charge in [-0.25, -0.2) is 9.98 Å². The van der Waals surface area contributed by atoms with Gasteiger partial charge < -0.3 is 20.4 Å². The second-order valence-corrected chi connectivity index (χ2v) is 8.30. The van der Waals surface area contributed by atoms with Gasteiger partial charge in [0.15, 0.2) is 5.96 Å². The van der Waals surface area contributed by atoms with Crippen LogP contribution < -0.4 is 20.4 Å². The Hall–Kier alpha value is -2.76. The molecule has 0 spiro atoms. The van der Waals surface area contributed by atoms with Crippen molar-refractivity contribution in [2.75, 3.05) is 43.5 Å². The topological polar surface area (TPSA) is 55.8 Å². The van der Waals surface area contributed by atoms with Crippen LogP contribution in [0.25, 0.3) is 0 Å². The van der Waals surface area contributed by atoms with Gasteiger partial charge in [-0.15, -0.1) is 0 Å². The van der Waals surface area contributed by atoms with Crippen molar-refractivity contribution >= 4 is 17.5 Å². The third kappa shape index (κ3) is 5.88. The number of piperidine rings is 1. The van der Waals surface area contributed by atoms with Crippen LogP contribution in [0.1, 0.15) is 36.5 Å². The van der Waals surface area contributed by atoms with E-state index in [9.17, 15) is 0 Å². The van der Waals surface area contributed by atoms with Gasteiger partial charge >= 0.3 is 0 Å². The van der Waals surface area contributed by atoms with E-state index in [1.807, 2.05) is 6.20 Å². The van der Waals surface area contributed by atoms with E-state index in [2.05, 4.69) is 90.6 Å². The summed E-state index contributed by atoms with van der Waals surface area (Å²) in [4.78, 5) is 13.9. The number of pyridine rings is 1. The fourth-order valence-corrected chi connectivity index (χ4v) is 3.71. The number of nitrogens with one attached hydrogen (secondary N) is 2. The Labute approximate surface area is 181 Å². The van der Waals surface area contributed by atoms with Crippen LogP contribution >= 0.6 is 0 Å². The maximum Gasteiger partial charge on any atom is 0.191 e. The summed E-state index contributed by atoms with van der Waals surface area (Å²) in [5.41, 5.74) is 4.96. The summed E-state index contributed by atoms with van der Waals surface area (Å²) in [5, 5.41) is 7.04. The standard InChI is InChI=1S/C24H36N6/c1-6-25-24(27-17-20-8-9-22(29(4)5)15-19(20)3)28-21-11-13-30(14-12-21)23-10-7-18(2)16-26-23/h7-10,15-16,21H,6,11-14,17H2,1-5H3,(H2,25,27,28). The molecule has 3 rings (SSSR count). The molecule has 0 atom stereocenters. The van der Waals surface area contributed by atoms with Crippen molar-refractivity contribution in [1.29, 1.82) is 0 Å². The molecule has 6 heteroatoms. The lowest BCUT2D eigenvalue weighted by molar-refractivity contribution is 0.459. The van der Waals surface area contributed by atoms with Gasteiger partial charge in [0.25, 0.3) is 0 Å². The minimum absolute atomic E-state index is 0.432. The lowest BCUT2D eigenvalue weighted by Crippen LogP contribution is -2.48. The number of rotatable bonds is 6. The molecule has 1 aliphatic heterocycles. The van der Waals surface area contributed by atoms with Crippen LogP contribution in [0.15, 0.2) is 41.5 Å². The number of aryl methyl sites for hydroxylation is 2. The van der Waals surface area contributed by atoms with E-state index in [0.29, 0.717) is 12.6 Å².